The SMILES string of the molecule is CCOc1ccc(C2CCCN2C(=O)COc2ccc3ccc(=O)oc3c2)cc1. The van der Waals surface area contributed by atoms with Crippen molar-refractivity contribution in [2.75, 3.05) is 19.8 Å². The molecule has 0 radical (unpaired) electrons. The Labute approximate surface area is 168 Å². The molecule has 0 spiro atoms. The molecule has 1 fully saturated rings. The van der Waals surface area contributed by atoms with Crippen molar-refractivity contribution >= 4 is 16.9 Å². The zero-order chi connectivity index (χ0) is 20.2. The van der Waals surface area contributed by atoms with Crippen LogP contribution in [0.3, 0.4) is 0 Å². The van der Waals surface area contributed by atoms with E-state index in [2.05, 4.69) is 0 Å². The third kappa shape index (κ3) is 4.26. The van der Waals surface area contributed by atoms with Crippen molar-refractivity contribution in [1.82, 2.24) is 4.90 Å². The van der Waals surface area contributed by atoms with Gasteiger partial charge in [-0.1, -0.05) is 12.1 Å². The minimum Gasteiger partial charge on any atom is -0.494 e. The van der Waals surface area contributed by atoms with E-state index in [-0.39, 0.29) is 18.6 Å². The lowest BCUT2D eigenvalue weighted by molar-refractivity contribution is -0.134. The van der Waals surface area contributed by atoms with Crippen LogP contribution in [0.2, 0.25) is 0 Å². The van der Waals surface area contributed by atoms with Crippen LogP contribution >= 0.6 is 0 Å². The molecular formula is C23H23NO5. The molecule has 150 valence electrons. The average Bonchev–Trinajstić information content (AvgIpc) is 3.22. The summed E-state index contributed by atoms with van der Waals surface area (Å²) in [7, 11) is 0. The van der Waals surface area contributed by atoms with Crippen LogP contribution in [-0.2, 0) is 4.79 Å². The molecule has 6 heteroatoms. The maximum Gasteiger partial charge on any atom is 0.336 e. The van der Waals surface area contributed by atoms with Crippen molar-refractivity contribution in [2.45, 2.75) is 25.8 Å². The molecule has 1 saturated heterocycles. The fourth-order valence-corrected chi connectivity index (χ4v) is 3.72. The molecule has 0 aliphatic carbocycles. The first-order chi connectivity index (χ1) is 14.1. The van der Waals surface area contributed by atoms with E-state index in [4.69, 9.17) is 13.9 Å². The first kappa shape index (κ1) is 19.1. The average molecular weight is 393 g/mol. The number of carbonyl (C=O) groups is 1. The van der Waals surface area contributed by atoms with Crippen molar-refractivity contribution in [3.8, 4) is 11.5 Å². The molecule has 29 heavy (non-hydrogen) atoms. The van der Waals surface area contributed by atoms with Gasteiger partial charge in [0.2, 0.25) is 0 Å². The van der Waals surface area contributed by atoms with Crippen molar-refractivity contribution in [1.29, 1.82) is 0 Å². The summed E-state index contributed by atoms with van der Waals surface area (Å²) >= 11 is 0. The van der Waals surface area contributed by atoms with E-state index in [9.17, 15) is 9.59 Å². The molecule has 1 unspecified atom stereocenters. The molecule has 1 amide bonds. The quantitative estimate of drug-likeness (QED) is 0.594. The van der Waals surface area contributed by atoms with E-state index in [0.29, 0.717) is 24.5 Å². The van der Waals surface area contributed by atoms with Gasteiger partial charge in [-0.15, -0.1) is 0 Å². The number of nitrogens with zero attached hydrogens (tertiary/aromatic N) is 1. The Kier molecular flexibility index (Phi) is 5.51. The molecule has 1 aromatic heterocycles. The Hall–Kier alpha value is -3.28. The van der Waals surface area contributed by atoms with Gasteiger partial charge in [0.1, 0.15) is 17.1 Å². The highest BCUT2D eigenvalue weighted by Gasteiger charge is 2.30. The lowest BCUT2D eigenvalue weighted by atomic mass is 10.0. The topological polar surface area (TPSA) is 69.0 Å². The fourth-order valence-electron chi connectivity index (χ4n) is 3.72. The van der Waals surface area contributed by atoms with Crippen molar-refractivity contribution in [3.63, 3.8) is 0 Å². The normalized spacial score (nSPS) is 16.2. The van der Waals surface area contributed by atoms with Gasteiger partial charge in [0.25, 0.3) is 5.91 Å². The maximum absolute atomic E-state index is 12.8. The summed E-state index contributed by atoms with van der Waals surface area (Å²) in [6.45, 7) is 3.24. The highest BCUT2D eigenvalue weighted by molar-refractivity contribution is 5.80. The van der Waals surface area contributed by atoms with E-state index in [1.165, 1.54) is 6.07 Å². The first-order valence-corrected chi connectivity index (χ1v) is 9.83. The minimum atomic E-state index is -0.416. The molecule has 0 bridgehead atoms. The summed E-state index contributed by atoms with van der Waals surface area (Å²) in [5.74, 6) is 1.27. The molecule has 0 saturated carbocycles. The molecule has 6 nitrogen and oxygen atoms in total. The summed E-state index contributed by atoms with van der Waals surface area (Å²) in [6.07, 6.45) is 1.89. The van der Waals surface area contributed by atoms with Crippen LogP contribution in [-0.4, -0.2) is 30.6 Å². The molecule has 4 rings (SSSR count). The van der Waals surface area contributed by atoms with Crippen LogP contribution in [0.5, 0.6) is 11.5 Å². The van der Waals surface area contributed by atoms with Gasteiger partial charge in [0.15, 0.2) is 6.61 Å². The number of fused-ring (bicyclic) bond motifs is 1. The summed E-state index contributed by atoms with van der Waals surface area (Å²) in [4.78, 5) is 26.1. The molecule has 2 aromatic carbocycles. The molecule has 0 N–H and O–H groups in total. The van der Waals surface area contributed by atoms with E-state index in [1.54, 1.807) is 24.3 Å². The van der Waals surface area contributed by atoms with Crippen LogP contribution in [0.4, 0.5) is 0 Å². The van der Waals surface area contributed by atoms with Gasteiger partial charge >= 0.3 is 5.63 Å². The number of amides is 1. The van der Waals surface area contributed by atoms with Crippen LogP contribution < -0.4 is 15.1 Å². The maximum atomic E-state index is 12.8. The Morgan fingerprint density at radius 3 is 2.62 bits per heavy atom. The Morgan fingerprint density at radius 1 is 1.07 bits per heavy atom. The van der Waals surface area contributed by atoms with Gasteiger partial charge in [-0.05, 0) is 55.7 Å². The number of likely N-dealkylation sites (tertiary alicyclic amines) is 1. The van der Waals surface area contributed by atoms with Crippen LogP contribution in [0, 0.1) is 0 Å². The molecule has 1 aliphatic rings. The highest BCUT2D eigenvalue weighted by atomic mass is 16.5. The van der Waals surface area contributed by atoms with Gasteiger partial charge in [-0.3, -0.25) is 4.79 Å². The predicted molar refractivity (Wildman–Crippen MR) is 109 cm³/mol. The largest absolute Gasteiger partial charge is 0.494 e. The lowest BCUT2D eigenvalue weighted by Gasteiger charge is -2.25. The number of rotatable bonds is 6. The van der Waals surface area contributed by atoms with Gasteiger partial charge in [0.05, 0.1) is 12.6 Å². The smallest absolute Gasteiger partial charge is 0.336 e. The lowest BCUT2D eigenvalue weighted by Crippen LogP contribution is -2.34. The van der Waals surface area contributed by atoms with Crippen LogP contribution in [0.25, 0.3) is 11.0 Å². The number of benzene rings is 2. The van der Waals surface area contributed by atoms with E-state index < -0.39 is 5.63 Å². The Morgan fingerprint density at radius 2 is 1.83 bits per heavy atom. The second-order valence-electron chi connectivity index (χ2n) is 6.99. The Balaban J connectivity index is 1.42. The van der Waals surface area contributed by atoms with Crippen molar-refractivity contribution in [2.24, 2.45) is 0 Å². The predicted octanol–water partition coefficient (Wildman–Crippen LogP) is 3.93. The van der Waals surface area contributed by atoms with Crippen molar-refractivity contribution < 1.29 is 18.7 Å². The third-order valence-electron chi connectivity index (χ3n) is 5.11. The molecule has 2 heterocycles. The highest BCUT2D eigenvalue weighted by Crippen LogP contribution is 2.33. The van der Waals surface area contributed by atoms with Crippen LogP contribution in [0.15, 0.2) is 63.8 Å². The first-order valence-electron chi connectivity index (χ1n) is 9.83. The summed E-state index contributed by atoms with van der Waals surface area (Å²) < 4.78 is 16.4. The number of carbonyl (C=O) groups excluding carboxylic acids is 1. The molecule has 1 atom stereocenters. The second kappa shape index (κ2) is 8.39. The fraction of sp³-hybridized carbons (Fsp3) is 0.304. The molecule has 3 aromatic rings. The van der Waals surface area contributed by atoms with E-state index in [1.807, 2.05) is 36.1 Å². The number of hydrogen-bond donors (Lipinski definition) is 0. The Bertz CT molecular complexity index is 1060. The van der Waals surface area contributed by atoms with E-state index >= 15 is 0 Å². The van der Waals surface area contributed by atoms with Gasteiger partial charge in [0, 0.05) is 24.1 Å². The second-order valence-corrected chi connectivity index (χ2v) is 6.99. The van der Waals surface area contributed by atoms with Crippen LogP contribution in [0.1, 0.15) is 31.4 Å². The molecule has 1 aliphatic heterocycles. The van der Waals surface area contributed by atoms with Crippen molar-refractivity contribution in [3.05, 3.63) is 70.6 Å². The minimum absolute atomic E-state index is 0.0522. The summed E-state index contributed by atoms with van der Waals surface area (Å²) in [5, 5.41) is 0.804. The zero-order valence-electron chi connectivity index (χ0n) is 16.3. The number of ether oxygens (including phenoxy) is 2. The number of hydrogen-bond acceptors (Lipinski definition) is 5. The van der Waals surface area contributed by atoms with E-state index in [0.717, 1.165) is 29.5 Å². The van der Waals surface area contributed by atoms with Gasteiger partial charge in [-0.2, -0.15) is 0 Å². The van der Waals surface area contributed by atoms with Gasteiger partial charge in [-0.25, -0.2) is 4.79 Å². The zero-order valence-corrected chi connectivity index (χ0v) is 16.3. The summed E-state index contributed by atoms with van der Waals surface area (Å²) in [6, 6.07) is 16.3. The van der Waals surface area contributed by atoms with Gasteiger partial charge < -0.3 is 18.8 Å². The summed E-state index contributed by atoms with van der Waals surface area (Å²) in [5.41, 5.74) is 1.13. The monoisotopic (exact) mass is 393 g/mol. The third-order valence-corrected chi connectivity index (χ3v) is 5.11. The standard InChI is InChI=1S/C23H23NO5/c1-2-27-18-9-5-16(6-10-18)20-4-3-13-24(20)22(25)15-28-19-11-7-17-8-12-23(26)29-21(17)14-19/h5-12,14,20H,2-4,13,15H2,1H3. The molecular weight excluding hydrogens is 370 g/mol.